The fourth-order valence-corrected chi connectivity index (χ4v) is 2.60. The molecule has 0 fully saturated rings. The van der Waals surface area contributed by atoms with Crippen LogP contribution in [0, 0.1) is 23.4 Å². The number of esters is 1. The van der Waals surface area contributed by atoms with Crippen LogP contribution in [0.5, 0.6) is 0 Å². The molecule has 2 aromatic rings. The van der Waals surface area contributed by atoms with Crippen LogP contribution >= 0.6 is 0 Å². The van der Waals surface area contributed by atoms with Crippen LogP contribution in [-0.2, 0) is 15.6 Å². The first-order chi connectivity index (χ1) is 13.0. The summed E-state index contributed by atoms with van der Waals surface area (Å²) in [6.07, 6.45) is -1.82. The van der Waals surface area contributed by atoms with E-state index in [1.54, 1.807) is 13.8 Å². The molecule has 0 saturated carbocycles. The number of benzene rings is 1. The smallest absolute Gasteiger partial charge is 0.396 e. The maximum atomic E-state index is 14.3. The van der Waals surface area contributed by atoms with Crippen molar-refractivity contribution in [2.75, 3.05) is 0 Å². The van der Waals surface area contributed by atoms with Crippen molar-refractivity contribution in [2.45, 2.75) is 45.6 Å². The fraction of sp³-hybridized carbons (Fsp3) is 0.421. The Morgan fingerprint density at radius 1 is 1.00 bits per heavy atom. The number of alkyl halides is 2. The molecule has 0 aliphatic heterocycles. The Hall–Kier alpha value is -2.58. The Morgan fingerprint density at radius 2 is 1.57 bits per heavy atom. The van der Waals surface area contributed by atoms with Gasteiger partial charge >= 0.3 is 12.1 Å². The van der Waals surface area contributed by atoms with Gasteiger partial charge in [0.1, 0.15) is 11.4 Å². The molecule has 1 aromatic heterocycles. The van der Waals surface area contributed by atoms with Gasteiger partial charge in [-0.3, -0.25) is 4.79 Å². The van der Waals surface area contributed by atoms with Crippen LogP contribution in [0.25, 0.3) is 0 Å². The third kappa shape index (κ3) is 4.45. The van der Waals surface area contributed by atoms with Crippen molar-refractivity contribution >= 4 is 5.97 Å². The molecule has 28 heavy (non-hydrogen) atoms. The number of aromatic nitrogens is 2. The van der Waals surface area contributed by atoms with Crippen LogP contribution < -0.4 is 0 Å². The highest BCUT2D eigenvalue weighted by molar-refractivity contribution is 5.78. The van der Waals surface area contributed by atoms with E-state index in [2.05, 4.69) is 14.7 Å². The lowest BCUT2D eigenvalue weighted by atomic mass is 9.90. The van der Waals surface area contributed by atoms with Gasteiger partial charge in [0, 0.05) is 23.9 Å². The first-order valence-corrected chi connectivity index (χ1v) is 8.52. The van der Waals surface area contributed by atoms with Crippen molar-refractivity contribution in [3.05, 3.63) is 58.9 Å². The van der Waals surface area contributed by atoms with E-state index < -0.39 is 46.9 Å². The first-order valence-electron chi connectivity index (χ1n) is 8.52. The Balaban J connectivity index is 2.32. The second kappa shape index (κ2) is 8.20. The second-order valence-electron chi connectivity index (χ2n) is 6.91. The van der Waals surface area contributed by atoms with Crippen LogP contribution in [0.15, 0.2) is 24.5 Å². The molecule has 152 valence electrons. The standard InChI is InChI=1S/C19H19F5N2O2/c1-9(2)14(11-7-25-17(10(3)4)26-8-11)18(27)28-19(23,24)12-5-6-13(20)16(22)15(12)21/h5-10,14H,1-4H3. The maximum absolute atomic E-state index is 14.3. The van der Waals surface area contributed by atoms with Crippen LogP contribution in [-0.4, -0.2) is 15.9 Å². The van der Waals surface area contributed by atoms with Crippen LogP contribution in [0.2, 0.25) is 0 Å². The molecule has 9 heteroatoms. The maximum Gasteiger partial charge on any atom is 0.431 e. The predicted octanol–water partition coefficient (Wildman–Crippen LogP) is 5.05. The summed E-state index contributed by atoms with van der Waals surface area (Å²) in [5, 5.41) is 0. The molecule has 4 nitrogen and oxygen atoms in total. The quantitative estimate of drug-likeness (QED) is 0.386. The molecule has 1 atom stereocenters. The van der Waals surface area contributed by atoms with Crippen molar-refractivity contribution in [3.8, 4) is 0 Å². The number of hydrogen-bond donors (Lipinski definition) is 0. The average Bonchev–Trinajstić information content (AvgIpc) is 2.59. The van der Waals surface area contributed by atoms with Gasteiger partial charge in [-0.05, 0) is 18.1 Å². The highest BCUT2D eigenvalue weighted by atomic mass is 19.3. The number of ether oxygens (including phenoxy) is 1. The summed E-state index contributed by atoms with van der Waals surface area (Å²) >= 11 is 0. The van der Waals surface area contributed by atoms with Gasteiger partial charge in [-0.1, -0.05) is 27.7 Å². The number of carbonyl (C=O) groups is 1. The molecule has 0 N–H and O–H groups in total. The summed E-state index contributed by atoms with van der Waals surface area (Å²) in [5.41, 5.74) is -1.33. The van der Waals surface area contributed by atoms with Gasteiger partial charge in [-0.15, -0.1) is 0 Å². The number of rotatable bonds is 6. The lowest BCUT2D eigenvalue weighted by Gasteiger charge is -2.24. The molecule has 1 heterocycles. The summed E-state index contributed by atoms with van der Waals surface area (Å²) in [5.74, 6) is -8.31. The fourth-order valence-electron chi connectivity index (χ4n) is 2.60. The van der Waals surface area contributed by atoms with E-state index in [9.17, 15) is 26.7 Å². The van der Waals surface area contributed by atoms with E-state index in [1.807, 2.05) is 13.8 Å². The molecule has 0 aliphatic carbocycles. The first kappa shape index (κ1) is 21.7. The zero-order valence-corrected chi connectivity index (χ0v) is 15.6. The number of halogens is 5. The normalized spacial score (nSPS) is 13.1. The summed E-state index contributed by atoms with van der Waals surface area (Å²) in [4.78, 5) is 20.6. The Kier molecular flexibility index (Phi) is 6.36. The molecule has 1 aromatic carbocycles. The molecule has 0 spiro atoms. The Morgan fingerprint density at radius 3 is 2.07 bits per heavy atom. The zero-order valence-electron chi connectivity index (χ0n) is 15.6. The van der Waals surface area contributed by atoms with Crippen LogP contribution in [0.4, 0.5) is 22.0 Å². The minimum Gasteiger partial charge on any atom is -0.396 e. The van der Waals surface area contributed by atoms with Gasteiger partial charge in [0.2, 0.25) is 0 Å². The molecule has 0 saturated heterocycles. The number of nitrogens with zero attached hydrogens (tertiary/aromatic N) is 2. The summed E-state index contributed by atoms with van der Waals surface area (Å²) in [6, 6.07) is 0.653. The van der Waals surface area contributed by atoms with E-state index in [1.165, 1.54) is 12.4 Å². The van der Waals surface area contributed by atoms with E-state index in [-0.39, 0.29) is 11.5 Å². The second-order valence-corrected chi connectivity index (χ2v) is 6.91. The molecular weight excluding hydrogens is 383 g/mol. The summed E-state index contributed by atoms with van der Waals surface area (Å²) in [6.45, 7) is 6.91. The summed E-state index contributed by atoms with van der Waals surface area (Å²) < 4.78 is 72.7. The van der Waals surface area contributed by atoms with Gasteiger partial charge in [0.25, 0.3) is 0 Å². The van der Waals surface area contributed by atoms with Gasteiger partial charge in [-0.2, -0.15) is 8.78 Å². The number of carbonyl (C=O) groups excluding carboxylic acids is 1. The molecule has 0 aliphatic rings. The van der Waals surface area contributed by atoms with E-state index in [0.29, 0.717) is 18.0 Å². The Labute approximate surface area is 158 Å². The third-order valence-corrected chi connectivity index (χ3v) is 4.07. The topological polar surface area (TPSA) is 52.1 Å². The van der Waals surface area contributed by atoms with E-state index in [4.69, 9.17) is 0 Å². The largest absolute Gasteiger partial charge is 0.431 e. The average molecular weight is 402 g/mol. The molecule has 0 radical (unpaired) electrons. The van der Waals surface area contributed by atoms with Gasteiger partial charge in [0.15, 0.2) is 17.5 Å². The van der Waals surface area contributed by atoms with Crippen LogP contribution in [0.3, 0.4) is 0 Å². The van der Waals surface area contributed by atoms with Gasteiger partial charge in [0.05, 0.1) is 5.92 Å². The molecule has 0 amide bonds. The van der Waals surface area contributed by atoms with E-state index in [0.717, 1.165) is 0 Å². The minimum absolute atomic E-state index is 0.0270. The number of hydrogen-bond acceptors (Lipinski definition) is 4. The van der Waals surface area contributed by atoms with E-state index >= 15 is 0 Å². The van der Waals surface area contributed by atoms with Crippen molar-refractivity contribution in [2.24, 2.45) is 5.92 Å². The van der Waals surface area contributed by atoms with Gasteiger partial charge < -0.3 is 4.74 Å². The highest BCUT2D eigenvalue weighted by Crippen LogP contribution is 2.36. The summed E-state index contributed by atoms with van der Waals surface area (Å²) in [7, 11) is 0. The predicted molar refractivity (Wildman–Crippen MR) is 90.0 cm³/mol. The Bertz CT molecular complexity index is 854. The molecular formula is C19H19F5N2O2. The SMILES string of the molecule is CC(C)c1ncc(C(C(=O)OC(F)(F)c2ccc(F)c(F)c2F)C(C)C)cn1. The molecule has 2 rings (SSSR count). The zero-order chi connectivity index (χ0) is 21.2. The van der Waals surface area contributed by atoms with Crippen molar-refractivity contribution < 1.29 is 31.5 Å². The van der Waals surface area contributed by atoms with Crippen molar-refractivity contribution in [3.63, 3.8) is 0 Å². The molecule has 1 unspecified atom stereocenters. The van der Waals surface area contributed by atoms with Gasteiger partial charge in [-0.25, -0.2) is 23.1 Å². The van der Waals surface area contributed by atoms with Crippen molar-refractivity contribution in [1.82, 2.24) is 9.97 Å². The minimum atomic E-state index is -4.50. The van der Waals surface area contributed by atoms with Crippen LogP contribution in [0.1, 0.15) is 56.5 Å². The monoisotopic (exact) mass is 402 g/mol. The van der Waals surface area contributed by atoms with Crippen molar-refractivity contribution in [1.29, 1.82) is 0 Å². The lowest BCUT2D eigenvalue weighted by Crippen LogP contribution is -2.30. The highest BCUT2D eigenvalue weighted by Gasteiger charge is 2.43. The lowest BCUT2D eigenvalue weighted by molar-refractivity contribution is -0.243. The molecule has 0 bridgehead atoms. The third-order valence-electron chi connectivity index (χ3n) is 4.07.